The fourth-order valence-corrected chi connectivity index (χ4v) is 2.90. The molecular formula is C18H30ClN3O3. The lowest BCUT2D eigenvalue weighted by Crippen LogP contribution is -2.44. The Kier molecular flexibility index (Phi) is 9.60. The van der Waals surface area contributed by atoms with Crippen LogP contribution < -0.4 is 10.6 Å². The van der Waals surface area contributed by atoms with Crippen LogP contribution in [-0.4, -0.2) is 49.4 Å². The van der Waals surface area contributed by atoms with E-state index in [9.17, 15) is 9.59 Å². The molecule has 25 heavy (non-hydrogen) atoms. The summed E-state index contributed by atoms with van der Waals surface area (Å²) in [6, 6.07) is 3.59. The third kappa shape index (κ3) is 6.36. The van der Waals surface area contributed by atoms with Crippen LogP contribution in [0.1, 0.15) is 49.4 Å². The van der Waals surface area contributed by atoms with Crippen LogP contribution in [0.25, 0.3) is 0 Å². The highest BCUT2D eigenvalue weighted by Crippen LogP contribution is 2.20. The molecule has 1 aromatic heterocycles. The standard InChI is InChI=1S/C18H29N3O3.ClH/c1-3-9-19-10-11-20-17(22)14-7-12-21(13-8-14)18(23)16-6-5-15(4-2)24-16;/h5-6,14,19H,3-4,7-13H2,1-2H3,(H,20,22);1H. The van der Waals surface area contributed by atoms with Crippen molar-refractivity contribution in [3.63, 3.8) is 0 Å². The van der Waals surface area contributed by atoms with Crippen molar-refractivity contribution < 1.29 is 14.0 Å². The number of nitrogens with one attached hydrogen (secondary N) is 2. The van der Waals surface area contributed by atoms with Gasteiger partial charge in [0.2, 0.25) is 5.91 Å². The molecule has 0 spiro atoms. The number of carbonyl (C=O) groups excluding carboxylic acids is 2. The molecule has 0 atom stereocenters. The second-order valence-electron chi connectivity index (χ2n) is 6.23. The SMILES string of the molecule is CCCNCCNC(=O)C1CCN(C(=O)c2ccc(CC)o2)CC1.Cl. The number of furan rings is 1. The number of amides is 2. The highest BCUT2D eigenvalue weighted by molar-refractivity contribution is 5.91. The molecule has 0 unspecified atom stereocenters. The van der Waals surface area contributed by atoms with E-state index in [1.807, 2.05) is 13.0 Å². The van der Waals surface area contributed by atoms with Gasteiger partial charge in [0.25, 0.3) is 5.91 Å². The molecule has 1 fully saturated rings. The number of carbonyl (C=O) groups is 2. The summed E-state index contributed by atoms with van der Waals surface area (Å²) in [5.41, 5.74) is 0. The lowest BCUT2D eigenvalue weighted by Gasteiger charge is -2.30. The predicted molar refractivity (Wildman–Crippen MR) is 100 cm³/mol. The van der Waals surface area contributed by atoms with Gasteiger partial charge in [0.1, 0.15) is 5.76 Å². The average Bonchev–Trinajstić information content (AvgIpc) is 3.10. The molecule has 0 radical (unpaired) electrons. The fourth-order valence-electron chi connectivity index (χ4n) is 2.90. The van der Waals surface area contributed by atoms with E-state index in [-0.39, 0.29) is 30.1 Å². The van der Waals surface area contributed by atoms with Crippen LogP contribution in [-0.2, 0) is 11.2 Å². The summed E-state index contributed by atoms with van der Waals surface area (Å²) in [6.45, 7) is 7.75. The number of hydrogen-bond donors (Lipinski definition) is 2. The molecule has 142 valence electrons. The van der Waals surface area contributed by atoms with E-state index in [1.165, 1.54) is 0 Å². The molecular weight excluding hydrogens is 342 g/mol. The van der Waals surface area contributed by atoms with Gasteiger partial charge < -0.3 is 20.0 Å². The van der Waals surface area contributed by atoms with Crippen LogP contribution >= 0.6 is 12.4 Å². The van der Waals surface area contributed by atoms with E-state index in [0.717, 1.165) is 31.7 Å². The van der Waals surface area contributed by atoms with Gasteiger partial charge in [0.05, 0.1) is 0 Å². The van der Waals surface area contributed by atoms with Crippen molar-refractivity contribution in [2.45, 2.75) is 39.5 Å². The summed E-state index contributed by atoms with van der Waals surface area (Å²) in [7, 11) is 0. The largest absolute Gasteiger partial charge is 0.456 e. The first kappa shape index (κ1) is 21.5. The van der Waals surface area contributed by atoms with Gasteiger partial charge in [-0.1, -0.05) is 13.8 Å². The molecule has 1 aliphatic rings. The fraction of sp³-hybridized carbons (Fsp3) is 0.667. The first-order valence-corrected chi connectivity index (χ1v) is 9.02. The highest BCUT2D eigenvalue weighted by atomic mass is 35.5. The zero-order valence-electron chi connectivity index (χ0n) is 15.2. The maximum Gasteiger partial charge on any atom is 0.289 e. The summed E-state index contributed by atoms with van der Waals surface area (Å²) in [5.74, 6) is 1.26. The van der Waals surface area contributed by atoms with Crippen molar-refractivity contribution in [3.8, 4) is 0 Å². The summed E-state index contributed by atoms with van der Waals surface area (Å²) < 4.78 is 5.53. The third-order valence-electron chi connectivity index (χ3n) is 4.40. The smallest absolute Gasteiger partial charge is 0.289 e. The number of aryl methyl sites for hydroxylation is 1. The average molecular weight is 372 g/mol. The molecule has 1 aliphatic heterocycles. The van der Waals surface area contributed by atoms with Crippen molar-refractivity contribution in [3.05, 3.63) is 23.7 Å². The molecule has 2 heterocycles. The van der Waals surface area contributed by atoms with Crippen LogP contribution in [0.2, 0.25) is 0 Å². The molecule has 0 aliphatic carbocycles. The number of likely N-dealkylation sites (tertiary alicyclic amines) is 1. The molecule has 2 rings (SSSR count). The molecule has 1 aromatic rings. The first-order chi connectivity index (χ1) is 11.7. The minimum absolute atomic E-state index is 0. The summed E-state index contributed by atoms with van der Waals surface area (Å²) in [4.78, 5) is 26.3. The molecule has 2 N–H and O–H groups in total. The summed E-state index contributed by atoms with van der Waals surface area (Å²) in [6.07, 6.45) is 3.29. The van der Waals surface area contributed by atoms with Crippen LogP contribution in [0.5, 0.6) is 0 Å². The highest BCUT2D eigenvalue weighted by Gasteiger charge is 2.28. The van der Waals surface area contributed by atoms with Crippen LogP contribution in [0, 0.1) is 5.92 Å². The topological polar surface area (TPSA) is 74.6 Å². The molecule has 7 heteroatoms. The number of piperidine rings is 1. The maximum atomic E-state index is 12.4. The van der Waals surface area contributed by atoms with E-state index < -0.39 is 0 Å². The Labute approximate surface area is 156 Å². The number of nitrogens with zero attached hydrogens (tertiary/aromatic N) is 1. The minimum Gasteiger partial charge on any atom is -0.456 e. The minimum atomic E-state index is -0.0719. The van der Waals surface area contributed by atoms with Gasteiger partial charge in [-0.3, -0.25) is 9.59 Å². The van der Waals surface area contributed by atoms with Crippen molar-refractivity contribution >= 4 is 24.2 Å². The molecule has 2 amide bonds. The lowest BCUT2D eigenvalue weighted by molar-refractivity contribution is -0.126. The Morgan fingerprint density at radius 2 is 1.88 bits per heavy atom. The van der Waals surface area contributed by atoms with Crippen molar-refractivity contribution in [1.82, 2.24) is 15.5 Å². The van der Waals surface area contributed by atoms with Crippen LogP contribution in [0.3, 0.4) is 0 Å². The zero-order valence-corrected chi connectivity index (χ0v) is 16.0. The number of rotatable bonds is 8. The van der Waals surface area contributed by atoms with Gasteiger partial charge in [-0.25, -0.2) is 0 Å². The zero-order chi connectivity index (χ0) is 17.4. The second kappa shape index (κ2) is 11.2. The van der Waals surface area contributed by atoms with E-state index in [2.05, 4.69) is 17.6 Å². The van der Waals surface area contributed by atoms with E-state index in [4.69, 9.17) is 4.42 Å². The van der Waals surface area contributed by atoms with Gasteiger partial charge in [-0.15, -0.1) is 12.4 Å². The molecule has 0 bridgehead atoms. The van der Waals surface area contributed by atoms with Gasteiger partial charge in [-0.2, -0.15) is 0 Å². The molecule has 0 aromatic carbocycles. The Morgan fingerprint density at radius 3 is 2.48 bits per heavy atom. The van der Waals surface area contributed by atoms with Gasteiger partial charge in [-0.05, 0) is 37.9 Å². The summed E-state index contributed by atoms with van der Waals surface area (Å²) >= 11 is 0. The normalized spacial score (nSPS) is 14.9. The van der Waals surface area contributed by atoms with Crippen LogP contribution in [0.15, 0.2) is 16.5 Å². The first-order valence-electron chi connectivity index (χ1n) is 9.02. The van der Waals surface area contributed by atoms with Crippen molar-refractivity contribution in [1.29, 1.82) is 0 Å². The molecule has 1 saturated heterocycles. The van der Waals surface area contributed by atoms with E-state index in [0.29, 0.717) is 38.2 Å². The molecule has 6 nitrogen and oxygen atoms in total. The number of hydrogen-bond acceptors (Lipinski definition) is 4. The summed E-state index contributed by atoms with van der Waals surface area (Å²) in [5, 5.41) is 6.24. The number of halogens is 1. The Morgan fingerprint density at radius 1 is 1.16 bits per heavy atom. The lowest BCUT2D eigenvalue weighted by atomic mass is 9.95. The third-order valence-corrected chi connectivity index (χ3v) is 4.40. The van der Waals surface area contributed by atoms with Crippen molar-refractivity contribution in [2.24, 2.45) is 5.92 Å². The Bertz CT molecular complexity index is 539. The van der Waals surface area contributed by atoms with Crippen LogP contribution in [0.4, 0.5) is 0 Å². The maximum absolute atomic E-state index is 12.4. The predicted octanol–water partition coefficient (Wildman–Crippen LogP) is 2.23. The van der Waals surface area contributed by atoms with Gasteiger partial charge >= 0.3 is 0 Å². The Hall–Kier alpha value is -1.53. The quantitative estimate of drug-likeness (QED) is 0.687. The Balaban J connectivity index is 0.00000312. The second-order valence-corrected chi connectivity index (χ2v) is 6.23. The van der Waals surface area contributed by atoms with Gasteiger partial charge in [0, 0.05) is 38.5 Å². The van der Waals surface area contributed by atoms with E-state index >= 15 is 0 Å². The van der Waals surface area contributed by atoms with Crippen molar-refractivity contribution in [2.75, 3.05) is 32.7 Å². The monoisotopic (exact) mass is 371 g/mol. The van der Waals surface area contributed by atoms with Gasteiger partial charge in [0.15, 0.2) is 5.76 Å². The molecule has 0 saturated carbocycles. The van der Waals surface area contributed by atoms with E-state index in [1.54, 1.807) is 11.0 Å².